The number of nitrogens with one attached hydrogen (secondary N) is 1. The fraction of sp³-hybridized carbons (Fsp3) is 0.918. The Morgan fingerprint density at radius 2 is 0.595 bits per heavy atom. The van der Waals surface area contributed by atoms with Crippen LogP contribution >= 0.6 is 0 Å². The summed E-state index contributed by atoms with van der Waals surface area (Å²) in [6, 6.07) is -0.627. The van der Waals surface area contributed by atoms with Gasteiger partial charge in [0, 0.05) is 12.8 Å². The molecule has 0 radical (unpaired) electrons. The molecule has 0 saturated carbocycles. The Morgan fingerprint density at radius 1 is 0.342 bits per heavy atom. The zero-order valence-electron chi connectivity index (χ0n) is 53.6. The molecular weight excluding hydrogens is 971 g/mol. The summed E-state index contributed by atoms with van der Waals surface area (Å²) in [4.78, 5) is 24.6. The minimum Gasteiger partial charge on any atom is -0.466 e. The van der Waals surface area contributed by atoms with Gasteiger partial charge in [-0.25, -0.2) is 0 Å². The normalized spacial score (nSPS) is 12.6. The maximum absolute atomic E-state index is 12.5. The van der Waals surface area contributed by atoms with E-state index in [4.69, 9.17) is 4.74 Å². The van der Waals surface area contributed by atoms with E-state index >= 15 is 0 Å². The van der Waals surface area contributed by atoms with Crippen LogP contribution in [0, 0.1) is 0 Å². The Balaban J connectivity index is 3.39. The van der Waals surface area contributed by atoms with Gasteiger partial charge >= 0.3 is 5.97 Å². The molecule has 0 aliphatic heterocycles. The van der Waals surface area contributed by atoms with Crippen LogP contribution in [0.3, 0.4) is 0 Å². The summed E-state index contributed by atoms with van der Waals surface area (Å²) < 4.78 is 5.48. The van der Waals surface area contributed by atoms with Crippen molar-refractivity contribution in [2.24, 2.45) is 0 Å². The molecule has 468 valence electrons. The Labute approximate surface area is 494 Å². The van der Waals surface area contributed by atoms with Gasteiger partial charge in [-0.1, -0.05) is 359 Å². The van der Waals surface area contributed by atoms with Crippen molar-refractivity contribution in [3.63, 3.8) is 0 Å². The number of carbonyl (C=O) groups excluding carboxylic acids is 2. The molecule has 0 spiro atoms. The molecule has 1 amide bonds. The molecule has 0 rings (SSSR count). The van der Waals surface area contributed by atoms with Crippen molar-refractivity contribution in [1.82, 2.24) is 5.32 Å². The smallest absolute Gasteiger partial charge is 0.305 e. The van der Waals surface area contributed by atoms with Gasteiger partial charge in [0.25, 0.3) is 0 Å². The van der Waals surface area contributed by atoms with E-state index in [1.165, 1.54) is 334 Å². The van der Waals surface area contributed by atoms with E-state index in [0.29, 0.717) is 19.4 Å². The fourth-order valence-electron chi connectivity index (χ4n) is 11.5. The SMILES string of the molecule is CCCCC/C=C\CCCCCCCC(=O)OCCCCCCCCCCCCCCCCCCCCCCCCCCCCC(=O)NC(CO)C(O)/C=C/CCCCCCCCCCCCCCCCCCCCCCCC. The lowest BCUT2D eigenvalue weighted by molar-refractivity contribution is -0.143. The Kier molecular flexibility index (Phi) is 67.4. The number of unbranched alkanes of at least 4 members (excludes halogenated alkanes) is 55. The molecule has 0 fully saturated rings. The third-order valence-electron chi connectivity index (χ3n) is 17.0. The molecule has 2 atom stereocenters. The second kappa shape index (κ2) is 68.8. The summed E-state index contributed by atoms with van der Waals surface area (Å²) in [5.74, 6) is -0.0536. The maximum atomic E-state index is 12.5. The van der Waals surface area contributed by atoms with Gasteiger partial charge in [0.15, 0.2) is 0 Å². The molecule has 0 heterocycles. The number of hydrogen-bond acceptors (Lipinski definition) is 5. The topological polar surface area (TPSA) is 95.9 Å². The first-order valence-electron chi connectivity index (χ1n) is 36.1. The van der Waals surface area contributed by atoms with Gasteiger partial charge in [-0.05, 0) is 57.8 Å². The molecule has 2 unspecified atom stereocenters. The lowest BCUT2D eigenvalue weighted by Crippen LogP contribution is -2.45. The monoisotopic (exact) mass is 1110 g/mol. The van der Waals surface area contributed by atoms with Gasteiger partial charge in [-0.2, -0.15) is 0 Å². The summed E-state index contributed by atoms with van der Waals surface area (Å²) in [6.45, 7) is 4.92. The number of rotatable bonds is 68. The van der Waals surface area contributed by atoms with Crippen LogP contribution < -0.4 is 5.32 Å². The minimum atomic E-state index is -0.844. The zero-order chi connectivity index (χ0) is 57.1. The van der Waals surface area contributed by atoms with E-state index in [9.17, 15) is 19.8 Å². The first-order chi connectivity index (χ1) is 39.0. The number of amides is 1. The molecule has 79 heavy (non-hydrogen) atoms. The molecule has 0 aromatic carbocycles. The second-order valence-corrected chi connectivity index (χ2v) is 24.9. The van der Waals surface area contributed by atoms with Gasteiger partial charge in [0.2, 0.25) is 5.91 Å². The second-order valence-electron chi connectivity index (χ2n) is 24.9. The van der Waals surface area contributed by atoms with Gasteiger partial charge < -0.3 is 20.3 Å². The van der Waals surface area contributed by atoms with Crippen molar-refractivity contribution < 1.29 is 24.5 Å². The van der Waals surface area contributed by atoms with E-state index in [2.05, 4.69) is 31.3 Å². The average molecular weight is 1110 g/mol. The van der Waals surface area contributed by atoms with E-state index < -0.39 is 12.1 Å². The average Bonchev–Trinajstić information content (AvgIpc) is 3.45. The van der Waals surface area contributed by atoms with Crippen LogP contribution in [0.2, 0.25) is 0 Å². The summed E-state index contributed by atoms with van der Waals surface area (Å²) in [5.41, 5.74) is 0. The molecule has 3 N–H and O–H groups in total. The number of hydrogen-bond donors (Lipinski definition) is 3. The fourth-order valence-corrected chi connectivity index (χ4v) is 11.5. The highest BCUT2D eigenvalue weighted by atomic mass is 16.5. The molecular formula is C73H141NO5. The highest BCUT2D eigenvalue weighted by Crippen LogP contribution is 2.19. The van der Waals surface area contributed by atoms with Crippen molar-refractivity contribution in [3.05, 3.63) is 24.3 Å². The summed E-state index contributed by atoms with van der Waals surface area (Å²) in [6.07, 6.45) is 86.9. The van der Waals surface area contributed by atoms with E-state index in [1.807, 2.05) is 6.08 Å². The first-order valence-corrected chi connectivity index (χ1v) is 36.1. The summed E-state index contributed by atoms with van der Waals surface area (Å²) >= 11 is 0. The number of ether oxygens (including phenoxy) is 1. The van der Waals surface area contributed by atoms with Crippen molar-refractivity contribution in [2.45, 2.75) is 418 Å². The number of aliphatic hydroxyl groups excluding tert-OH is 2. The Morgan fingerprint density at radius 3 is 0.924 bits per heavy atom. The lowest BCUT2D eigenvalue weighted by Gasteiger charge is -2.20. The molecule has 0 bridgehead atoms. The standard InChI is InChI=1S/C73H141NO5/c1-3-5-7-9-11-13-15-17-18-19-20-21-22-27-30-33-36-39-42-45-49-53-57-61-65-71(76)70(69-75)74-72(77)66-62-58-54-50-46-43-40-37-34-31-28-25-23-24-26-29-32-35-38-41-44-48-52-56-60-64-68-79-73(78)67-63-59-55-51-47-16-14-12-10-8-6-4-2/h12,14,61,65,70-71,75-76H,3-11,13,15-60,62-64,66-69H2,1-2H3,(H,74,77)/b14-12-,65-61+. The molecule has 0 aliphatic carbocycles. The molecule has 0 aromatic rings. The third-order valence-corrected chi connectivity index (χ3v) is 17.0. The lowest BCUT2D eigenvalue weighted by atomic mass is 10.0. The number of allylic oxidation sites excluding steroid dienone is 3. The van der Waals surface area contributed by atoms with Crippen molar-refractivity contribution in [3.8, 4) is 0 Å². The Bertz CT molecular complexity index is 1230. The van der Waals surface area contributed by atoms with Gasteiger partial charge in [-0.15, -0.1) is 0 Å². The number of esters is 1. The van der Waals surface area contributed by atoms with Crippen LogP contribution in [0.5, 0.6) is 0 Å². The van der Waals surface area contributed by atoms with Crippen molar-refractivity contribution >= 4 is 11.9 Å². The molecule has 0 aromatic heterocycles. The number of aliphatic hydroxyl groups is 2. The van der Waals surface area contributed by atoms with Crippen LogP contribution in [0.1, 0.15) is 406 Å². The van der Waals surface area contributed by atoms with E-state index in [-0.39, 0.29) is 18.5 Å². The van der Waals surface area contributed by atoms with Gasteiger partial charge in [0.05, 0.1) is 25.4 Å². The van der Waals surface area contributed by atoms with Gasteiger partial charge in [0.1, 0.15) is 0 Å². The first kappa shape index (κ1) is 77.3. The highest BCUT2D eigenvalue weighted by molar-refractivity contribution is 5.76. The molecule has 6 nitrogen and oxygen atoms in total. The van der Waals surface area contributed by atoms with Crippen molar-refractivity contribution in [2.75, 3.05) is 13.2 Å². The predicted octanol–water partition coefficient (Wildman–Crippen LogP) is 23.3. The largest absolute Gasteiger partial charge is 0.466 e. The van der Waals surface area contributed by atoms with Crippen LogP contribution in [-0.2, 0) is 14.3 Å². The predicted molar refractivity (Wildman–Crippen MR) is 347 cm³/mol. The quantitative estimate of drug-likeness (QED) is 0.0320. The van der Waals surface area contributed by atoms with Crippen molar-refractivity contribution in [1.29, 1.82) is 0 Å². The van der Waals surface area contributed by atoms with Crippen LogP contribution in [-0.4, -0.2) is 47.4 Å². The van der Waals surface area contributed by atoms with E-state index in [0.717, 1.165) is 44.9 Å². The number of carbonyl (C=O) groups is 2. The van der Waals surface area contributed by atoms with Crippen LogP contribution in [0.25, 0.3) is 0 Å². The molecule has 6 heteroatoms. The van der Waals surface area contributed by atoms with Crippen LogP contribution in [0.4, 0.5) is 0 Å². The summed E-state index contributed by atoms with van der Waals surface area (Å²) in [5, 5.41) is 23.3. The van der Waals surface area contributed by atoms with E-state index in [1.54, 1.807) is 6.08 Å². The third kappa shape index (κ3) is 65.4. The maximum Gasteiger partial charge on any atom is 0.305 e. The zero-order valence-corrected chi connectivity index (χ0v) is 53.6. The highest BCUT2D eigenvalue weighted by Gasteiger charge is 2.18. The molecule has 0 saturated heterocycles. The minimum absolute atomic E-state index is 0.00749. The Hall–Kier alpha value is -1.66. The molecule has 0 aliphatic rings. The summed E-state index contributed by atoms with van der Waals surface area (Å²) in [7, 11) is 0. The van der Waals surface area contributed by atoms with Gasteiger partial charge in [-0.3, -0.25) is 9.59 Å². The van der Waals surface area contributed by atoms with Crippen LogP contribution in [0.15, 0.2) is 24.3 Å².